The highest BCUT2D eigenvalue weighted by Crippen LogP contribution is 2.28. The Morgan fingerprint density at radius 2 is 2.14 bits per heavy atom. The maximum Gasteiger partial charge on any atom is 0.0990 e. The summed E-state index contributed by atoms with van der Waals surface area (Å²) in [6, 6.07) is 0.477. The predicted molar refractivity (Wildman–Crippen MR) is 57.5 cm³/mol. The highest BCUT2D eigenvalue weighted by atomic mass is 16.5. The summed E-state index contributed by atoms with van der Waals surface area (Å²) >= 11 is 0. The minimum Gasteiger partial charge on any atom is -0.374 e. The van der Waals surface area contributed by atoms with Crippen LogP contribution in [0.15, 0.2) is 0 Å². The van der Waals surface area contributed by atoms with E-state index in [-0.39, 0.29) is 6.10 Å². The van der Waals surface area contributed by atoms with E-state index in [2.05, 4.69) is 26.1 Å². The van der Waals surface area contributed by atoms with Gasteiger partial charge in [0.25, 0.3) is 0 Å². The van der Waals surface area contributed by atoms with Crippen molar-refractivity contribution in [2.45, 2.75) is 58.0 Å². The summed E-state index contributed by atoms with van der Waals surface area (Å²) in [5.74, 6) is 0. The van der Waals surface area contributed by atoms with Crippen molar-refractivity contribution in [3.8, 4) is 0 Å². The number of likely N-dealkylation sites (N-methyl/N-ethyl adjacent to an activating group) is 1. The third kappa shape index (κ3) is 2.94. The van der Waals surface area contributed by atoms with Gasteiger partial charge in [0.15, 0.2) is 0 Å². The molecule has 0 aromatic rings. The summed E-state index contributed by atoms with van der Waals surface area (Å²) in [6.45, 7) is 7.11. The van der Waals surface area contributed by atoms with Gasteiger partial charge >= 0.3 is 0 Å². The molecule has 0 bridgehead atoms. The fourth-order valence-electron chi connectivity index (χ4n) is 1.82. The SMILES string of the molecule is CCCOC1C(NC)CC1OC(C)C. The molecule has 3 heteroatoms. The van der Waals surface area contributed by atoms with Gasteiger partial charge in [-0.3, -0.25) is 0 Å². The van der Waals surface area contributed by atoms with Crippen LogP contribution in [-0.2, 0) is 9.47 Å². The highest BCUT2D eigenvalue weighted by molar-refractivity contribution is 4.96. The molecule has 0 spiro atoms. The van der Waals surface area contributed by atoms with Crippen LogP contribution in [0.3, 0.4) is 0 Å². The Bertz CT molecular complexity index is 161. The van der Waals surface area contributed by atoms with Crippen LogP contribution in [0.5, 0.6) is 0 Å². The Kier molecular flexibility index (Phi) is 4.85. The molecule has 1 fully saturated rings. The largest absolute Gasteiger partial charge is 0.374 e. The topological polar surface area (TPSA) is 30.5 Å². The van der Waals surface area contributed by atoms with Crippen LogP contribution < -0.4 is 5.32 Å². The highest BCUT2D eigenvalue weighted by Gasteiger charge is 2.42. The zero-order valence-electron chi connectivity index (χ0n) is 9.75. The van der Waals surface area contributed by atoms with Gasteiger partial charge in [-0.15, -0.1) is 0 Å². The predicted octanol–water partition coefficient (Wildman–Crippen LogP) is 1.57. The fourth-order valence-corrected chi connectivity index (χ4v) is 1.82. The van der Waals surface area contributed by atoms with Gasteiger partial charge in [0, 0.05) is 12.6 Å². The minimum atomic E-state index is 0.252. The molecule has 1 aliphatic rings. The first kappa shape index (κ1) is 12.0. The lowest BCUT2D eigenvalue weighted by atomic mass is 9.85. The second-order valence-corrected chi connectivity index (χ2v) is 4.19. The van der Waals surface area contributed by atoms with Gasteiger partial charge in [0.1, 0.15) is 0 Å². The first-order chi connectivity index (χ1) is 6.69. The third-order valence-corrected chi connectivity index (χ3v) is 2.58. The molecule has 84 valence electrons. The Hall–Kier alpha value is -0.120. The molecule has 3 nitrogen and oxygen atoms in total. The van der Waals surface area contributed by atoms with Gasteiger partial charge in [-0.25, -0.2) is 0 Å². The zero-order chi connectivity index (χ0) is 10.6. The van der Waals surface area contributed by atoms with Gasteiger partial charge in [-0.05, 0) is 33.7 Å². The average molecular weight is 201 g/mol. The average Bonchev–Trinajstić information content (AvgIpc) is 2.12. The van der Waals surface area contributed by atoms with Crippen LogP contribution in [0.1, 0.15) is 33.6 Å². The molecule has 0 aromatic carbocycles. The van der Waals surface area contributed by atoms with Gasteiger partial charge in [0.2, 0.25) is 0 Å². The van der Waals surface area contributed by atoms with Gasteiger partial charge < -0.3 is 14.8 Å². The van der Waals surface area contributed by atoms with E-state index in [1.54, 1.807) is 0 Å². The summed E-state index contributed by atoms with van der Waals surface area (Å²) in [4.78, 5) is 0. The molecular weight excluding hydrogens is 178 g/mol. The minimum absolute atomic E-state index is 0.252. The van der Waals surface area contributed by atoms with Crippen LogP contribution in [0.25, 0.3) is 0 Å². The zero-order valence-corrected chi connectivity index (χ0v) is 9.75. The number of rotatable bonds is 6. The molecule has 1 N–H and O–H groups in total. The number of nitrogens with one attached hydrogen (secondary N) is 1. The second kappa shape index (κ2) is 5.69. The quantitative estimate of drug-likeness (QED) is 0.707. The second-order valence-electron chi connectivity index (χ2n) is 4.19. The molecule has 3 unspecified atom stereocenters. The summed E-state index contributed by atoms with van der Waals surface area (Å²) < 4.78 is 11.5. The Morgan fingerprint density at radius 3 is 2.64 bits per heavy atom. The summed E-state index contributed by atoms with van der Waals surface area (Å²) in [5, 5.41) is 3.26. The van der Waals surface area contributed by atoms with Crippen molar-refractivity contribution >= 4 is 0 Å². The molecule has 14 heavy (non-hydrogen) atoms. The van der Waals surface area contributed by atoms with Crippen molar-refractivity contribution in [1.29, 1.82) is 0 Å². The van der Waals surface area contributed by atoms with Crippen molar-refractivity contribution in [2.24, 2.45) is 0 Å². The third-order valence-electron chi connectivity index (χ3n) is 2.58. The number of hydrogen-bond donors (Lipinski definition) is 1. The van der Waals surface area contributed by atoms with Gasteiger partial charge in [-0.2, -0.15) is 0 Å². The Balaban J connectivity index is 2.31. The van der Waals surface area contributed by atoms with Crippen LogP contribution in [0.2, 0.25) is 0 Å². The first-order valence-corrected chi connectivity index (χ1v) is 5.63. The van der Waals surface area contributed by atoms with Crippen LogP contribution in [0.4, 0.5) is 0 Å². The summed E-state index contributed by atoms with van der Waals surface area (Å²) in [5.41, 5.74) is 0. The van der Waals surface area contributed by atoms with Crippen LogP contribution >= 0.6 is 0 Å². The maximum absolute atomic E-state index is 5.76. The standard InChI is InChI=1S/C11H23NO2/c1-5-6-13-11-9(12-4)7-10(11)14-8(2)3/h8-12H,5-7H2,1-4H3. The van der Waals surface area contributed by atoms with E-state index in [4.69, 9.17) is 9.47 Å². The van der Waals surface area contributed by atoms with Crippen LogP contribution in [-0.4, -0.2) is 38.0 Å². The van der Waals surface area contributed by atoms with E-state index in [0.717, 1.165) is 19.4 Å². The van der Waals surface area contributed by atoms with E-state index in [1.165, 1.54) is 0 Å². The molecule has 0 radical (unpaired) electrons. The fraction of sp³-hybridized carbons (Fsp3) is 1.00. The van der Waals surface area contributed by atoms with Crippen molar-refractivity contribution < 1.29 is 9.47 Å². The molecule has 3 atom stereocenters. The number of hydrogen-bond acceptors (Lipinski definition) is 3. The van der Waals surface area contributed by atoms with E-state index < -0.39 is 0 Å². The molecule has 0 saturated heterocycles. The molecule has 0 heterocycles. The monoisotopic (exact) mass is 201 g/mol. The van der Waals surface area contributed by atoms with Crippen molar-refractivity contribution in [2.75, 3.05) is 13.7 Å². The molecular formula is C11H23NO2. The van der Waals surface area contributed by atoms with E-state index in [0.29, 0.717) is 18.2 Å². The summed E-state index contributed by atoms with van der Waals surface area (Å²) in [7, 11) is 1.98. The smallest absolute Gasteiger partial charge is 0.0990 e. The van der Waals surface area contributed by atoms with E-state index >= 15 is 0 Å². The van der Waals surface area contributed by atoms with Crippen LogP contribution in [0, 0.1) is 0 Å². The van der Waals surface area contributed by atoms with Crippen molar-refractivity contribution in [3.05, 3.63) is 0 Å². The Labute approximate surface area is 87.2 Å². The molecule has 0 aliphatic heterocycles. The lowest BCUT2D eigenvalue weighted by Crippen LogP contribution is -2.59. The molecule has 0 amide bonds. The molecule has 1 aliphatic carbocycles. The van der Waals surface area contributed by atoms with E-state index in [9.17, 15) is 0 Å². The maximum atomic E-state index is 5.76. The van der Waals surface area contributed by atoms with Gasteiger partial charge in [-0.1, -0.05) is 6.92 Å². The molecule has 1 rings (SSSR count). The first-order valence-electron chi connectivity index (χ1n) is 5.63. The Morgan fingerprint density at radius 1 is 1.43 bits per heavy atom. The lowest BCUT2D eigenvalue weighted by Gasteiger charge is -2.44. The molecule has 0 aromatic heterocycles. The van der Waals surface area contributed by atoms with Crippen molar-refractivity contribution in [1.82, 2.24) is 5.32 Å². The van der Waals surface area contributed by atoms with Gasteiger partial charge in [0.05, 0.1) is 18.3 Å². The van der Waals surface area contributed by atoms with E-state index in [1.807, 2.05) is 7.05 Å². The molecule has 1 saturated carbocycles. The number of ether oxygens (including phenoxy) is 2. The van der Waals surface area contributed by atoms with Crippen molar-refractivity contribution in [3.63, 3.8) is 0 Å². The normalized spacial score (nSPS) is 31.9. The lowest BCUT2D eigenvalue weighted by molar-refractivity contribution is -0.160. The summed E-state index contributed by atoms with van der Waals surface area (Å²) in [6.07, 6.45) is 2.98.